The quantitative estimate of drug-likeness (QED) is 0.852. The third kappa shape index (κ3) is 2.80. The van der Waals surface area contributed by atoms with Crippen molar-refractivity contribution in [1.82, 2.24) is 9.96 Å². The maximum absolute atomic E-state index is 12.7. The predicted octanol–water partition coefficient (Wildman–Crippen LogP) is 1.89. The van der Waals surface area contributed by atoms with Gasteiger partial charge in [0.25, 0.3) is 5.91 Å². The van der Waals surface area contributed by atoms with E-state index in [1.807, 2.05) is 0 Å². The molecule has 0 unspecified atom stereocenters. The number of amides is 1. The monoisotopic (exact) mass is 322 g/mol. The predicted molar refractivity (Wildman–Crippen MR) is 83.3 cm³/mol. The molecule has 120 valence electrons. The Kier molecular flexibility index (Phi) is 4.17. The van der Waals surface area contributed by atoms with Crippen LogP contribution in [0.4, 0.5) is 0 Å². The van der Waals surface area contributed by atoms with Crippen molar-refractivity contribution in [2.75, 3.05) is 26.3 Å². The molecule has 0 N–H and O–H groups in total. The molecule has 22 heavy (non-hydrogen) atoms. The zero-order chi connectivity index (χ0) is 14.9. The number of fused-ring (bicyclic) bond motifs is 1. The number of ether oxygens (including phenoxy) is 1. The number of carbonyl (C=O) groups is 1. The van der Waals surface area contributed by atoms with Gasteiger partial charge in [0.05, 0.1) is 25.2 Å². The van der Waals surface area contributed by atoms with Crippen LogP contribution in [-0.4, -0.2) is 54.3 Å². The molecule has 0 spiro atoms. The Morgan fingerprint density at radius 3 is 3.14 bits per heavy atom. The van der Waals surface area contributed by atoms with Gasteiger partial charge in [-0.25, -0.2) is 5.06 Å². The fraction of sp³-hybridized carbons (Fsp3) is 0.688. The molecule has 0 radical (unpaired) electrons. The van der Waals surface area contributed by atoms with E-state index >= 15 is 0 Å². The Hall–Kier alpha value is -0.950. The molecule has 0 bridgehead atoms. The fourth-order valence-corrected chi connectivity index (χ4v) is 4.57. The van der Waals surface area contributed by atoms with Crippen LogP contribution in [-0.2, 0) is 20.9 Å². The molecule has 0 aromatic carbocycles. The molecule has 6 heteroatoms. The van der Waals surface area contributed by atoms with E-state index in [1.165, 1.54) is 4.88 Å². The zero-order valence-corrected chi connectivity index (χ0v) is 13.5. The Morgan fingerprint density at radius 2 is 2.36 bits per heavy atom. The van der Waals surface area contributed by atoms with Gasteiger partial charge in [0.2, 0.25) is 0 Å². The van der Waals surface area contributed by atoms with Crippen LogP contribution in [0.1, 0.15) is 24.1 Å². The van der Waals surface area contributed by atoms with Gasteiger partial charge in [0.15, 0.2) is 0 Å². The van der Waals surface area contributed by atoms with Crippen molar-refractivity contribution in [3.63, 3.8) is 0 Å². The lowest BCUT2D eigenvalue weighted by Crippen LogP contribution is -2.52. The molecule has 3 aliphatic rings. The maximum atomic E-state index is 12.7. The molecule has 4 rings (SSSR count). The Balaban J connectivity index is 1.48. The normalized spacial score (nSPS) is 32.4. The summed E-state index contributed by atoms with van der Waals surface area (Å²) in [6.07, 6.45) is 3.06. The summed E-state index contributed by atoms with van der Waals surface area (Å²) in [5.74, 6) is 0.139. The van der Waals surface area contributed by atoms with E-state index in [9.17, 15) is 4.79 Å². The first-order chi connectivity index (χ1) is 10.8. The van der Waals surface area contributed by atoms with Crippen LogP contribution in [0.15, 0.2) is 17.5 Å². The number of carbonyl (C=O) groups excluding carboxylic acids is 1. The number of likely N-dealkylation sites (tertiary alicyclic amines) is 1. The van der Waals surface area contributed by atoms with E-state index in [1.54, 1.807) is 16.4 Å². The van der Waals surface area contributed by atoms with Gasteiger partial charge in [-0.05, 0) is 30.7 Å². The second-order valence-corrected chi connectivity index (χ2v) is 7.37. The first-order valence-electron chi connectivity index (χ1n) is 8.13. The van der Waals surface area contributed by atoms with Crippen molar-refractivity contribution in [2.45, 2.75) is 38.0 Å². The topological polar surface area (TPSA) is 42.0 Å². The van der Waals surface area contributed by atoms with Gasteiger partial charge in [0.1, 0.15) is 0 Å². The summed E-state index contributed by atoms with van der Waals surface area (Å²) >= 11 is 1.78. The second kappa shape index (κ2) is 6.28. The highest BCUT2D eigenvalue weighted by Gasteiger charge is 2.43. The van der Waals surface area contributed by atoms with Crippen LogP contribution in [0, 0.1) is 5.92 Å². The molecule has 0 saturated carbocycles. The van der Waals surface area contributed by atoms with Crippen LogP contribution in [0.2, 0.25) is 0 Å². The highest BCUT2D eigenvalue weighted by atomic mass is 32.1. The van der Waals surface area contributed by atoms with E-state index < -0.39 is 0 Å². The molecule has 3 saturated heterocycles. The molecule has 3 fully saturated rings. The molecule has 5 nitrogen and oxygen atoms in total. The highest BCUT2D eigenvalue weighted by Crippen LogP contribution is 2.34. The van der Waals surface area contributed by atoms with Gasteiger partial charge >= 0.3 is 0 Å². The van der Waals surface area contributed by atoms with Crippen molar-refractivity contribution >= 4 is 17.2 Å². The van der Waals surface area contributed by atoms with E-state index in [0.717, 1.165) is 45.5 Å². The molecule has 3 aliphatic heterocycles. The minimum atomic E-state index is -0.00240. The molecular weight excluding hydrogens is 300 g/mol. The molecular formula is C16H22N2O3S. The number of piperidine rings is 1. The Morgan fingerprint density at radius 1 is 1.41 bits per heavy atom. The summed E-state index contributed by atoms with van der Waals surface area (Å²) in [4.78, 5) is 21.9. The molecule has 1 aromatic rings. The van der Waals surface area contributed by atoms with Gasteiger partial charge in [-0.15, -0.1) is 11.3 Å². The van der Waals surface area contributed by atoms with E-state index in [2.05, 4.69) is 22.4 Å². The summed E-state index contributed by atoms with van der Waals surface area (Å²) in [6, 6.07) is 4.73. The van der Waals surface area contributed by atoms with Crippen LogP contribution < -0.4 is 0 Å². The van der Waals surface area contributed by atoms with Crippen LogP contribution in [0.5, 0.6) is 0 Å². The lowest BCUT2D eigenvalue weighted by Gasteiger charge is -2.40. The van der Waals surface area contributed by atoms with Crippen molar-refractivity contribution < 1.29 is 14.4 Å². The minimum Gasteiger partial charge on any atom is -0.377 e. The Labute approximate surface area is 134 Å². The van der Waals surface area contributed by atoms with E-state index in [0.29, 0.717) is 12.6 Å². The number of hydrogen-bond donors (Lipinski definition) is 0. The second-order valence-electron chi connectivity index (χ2n) is 6.33. The van der Waals surface area contributed by atoms with Gasteiger partial charge in [-0.2, -0.15) is 0 Å². The molecule has 3 atom stereocenters. The lowest BCUT2D eigenvalue weighted by molar-refractivity contribution is -0.177. The SMILES string of the molecule is O=C([C@H]1C[C@@H]2OCC[C@@H]2N(Cc2cccs2)C1)N1CCCO1. The van der Waals surface area contributed by atoms with Crippen molar-refractivity contribution in [1.29, 1.82) is 0 Å². The van der Waals surface area contributed by atoms with E-state index in [-0.39, 0.29) is 17.9 Å². The first-order valence-corrected chi connectivity index (χ1v) is 9.01. The lowest BCUT2D eigenvalue weighted by atomic mass is 9.89. The number of nitrogens with zero attached hydrogens (tertiary/aromatic N) is 2. The van der Waals surface area contributed by atoms with Crippen LogP contribution >= 0.6 is 11.3 Å². The van der Waals surface area contributed by atoms with Gasteiger partial charge < -0.3 is 4.74 Å². The summed E-state index contributed by atoms with van der Waals surface area (Å²) < 4.78 is 5.90. The average molecular weight is 322 g/mol. The first kappa shape index (κ1) is 14.6. The van der Waals surface area contributed by atoms with E-state index in [4.69, 9.17) is 9.57 Å². The fourth-order valence-electron chi connectivity index (χ4n) is 3.84. The number of thiophene rings is 1. The average Bonchev–Trinajstić information content (AvgIpc) is 3.27. The third-order valence-corrected chi connectivity index (χ3v) is 5.76. The number of hydroxylamine groups is 2. The van der Waals surface area contributed by atoms with Crippen molar-refractivity contribution in [2.24, 2.45) is 5.92 Å². The number of rotatable bonds is 3. The van der Waals surface area contributed by atoms with Crippen LogP contribution in [0.25, 0.3) is 0 Å². The maximum Gasteiger partial charge on any atom is 0.250 e. The molecule has 1 amide bonds. The summed E-state index contributed by atoms with van der Waals surface area (Å²) in [5.41, 5.74) is 0. The molecule has 1 aromatic heterocycles. The molecule has 0 aliphatic carbocycles. The standard InChI is InChI=1S/C16H22N2O3S/c19-16(18-5-2-6-21-18)12-9-15-14(4-7-20-15)17(10-12)11-13-3-1-8-22-13/h1,3,8,12,14-15H,2,4-7,9-11H2/t12-,14-,15-/m0/s1. The largest absolute Gasteiger partial charge is 0.377 e. The van der Waals surface area contributed by atoms with Gasteiger partial charge in [0, 0.05) is 30.6 Å². The van der Waals surface area contributed by atoms with Gasteiger partial charge in [-0.3, -0.25) is 14.5 Å². The smallest absolute Gasteiger partial charge is 0.250 e. The highest BCUT2D eigenvalue weighted by molar-refractivity contribution is 7.09. The van der Waals surface area contributed by atoms with Crippen LogP contribution in [0.3, 0.4) is 0 Å². The summed E-state index contributed by atoms with van der Waals surface area (Å²) in [5, 5.41) is 3.69. The zero-order valence-electron chi connectivity index (χ0n) is 12.6. The summed E-state index contributed by atoms with van der Waals surface area (Å²) in [7, 11) is 0. The van der Waals surface area contributed by atoms with Crippen molar-refractivity contribution in [3.8, 4) is 0 Å². The summed E-state index contributed by atoms with van der Waals surface area (Å²) in [6.45, 7) is 3.96. The number of hydrogen-bond acceptors (Lipinski definition) is 5. The van der Waals surface area contributed by atoms with Crippen molar-refractivity contribution in [3.05, 3.63) is 22.4 Å². The van der Waals surface area contributed by atoms with Gasteiger partial charge in [-0.1, -0.05) is 6.07 Å². The Bertz CT molecular complexity index is 515. The minimum absolute atomic E-state index is 0.00240. The third-order valence-electron chi connectivity index (χ3n) is 4.90. The molecule has 4 heterocycles.